The summed E-state index contributed by atoms with van der Waals surface area (Å²) in [5, 5.41) is 0. The molecule has 102 valence electrons. The van der Waals surface area contributed by atoms with Gasteiger partial charge in [0, 0.05) is 12.4 Å². The predicted molar refractivity (Wildman–Crippen MR) is 75.0 cm³/mol. The van der Waals surface area contributed by atoms with E-state index in [1.807, 2.05) is 10.5 Å². The molecule has 0 unspecified atom stereocenters. The first kappa shape index (κ1) is 12.7. The number of rotatable bonds is 2. The van der Waals surface area contributed by atoms with E-state index in [1.165, 1.54) is 5.56 Å². The zero-order valence-electron chi connectivity index (χ0n) is 11.0. The first-order valence-electron chi connectivity index (χ1n) is 6.66. The molecule has 2 aromatic heterocycles. The molecular formula is C14H18N2O2S. The molecule has 0 amide bonds. The van der Waals surface area contributed by atoms with Crippen LogP contribution in [0.25, 0.3) is 5.65 Å². The van der Waals surface area contributed by atoms with E-state index in [0.29, 0.717) is 17.4 Å². The molecule has 0 radical (unpaired) electrons. The molecule has 0 aliphatic carbocycles. The van der Waals surface area contributed by atoms with Crippen molar-refractivity contribution in [1.29, 1.82) is 0 Å². The molecule has 1 aliphatic heterocycles. The first-order valence-corrected chi connectivity index (χ1v) is 8.49. The van der Waals surface area contributed by atoms with Crippen LogP contribution in [0.2, 0.25) is 0 Å². The maximum atomic E-state index is 11.4. The highest BCUT2D eigenvalue weighted by molar-refractivity contribution is 7.91. The number of hydrogen-bond donors (Lipinski definition) is 0. The summed E-state index contributed by atoms with van der Waals surface area (Å²) in [4.78, 5) is 4.60. The number of sulfone groups is 1. The van der Waals surface area contributed by atoms with Gasteiger partial charge in [-0.3, -0.25) is 0 Å². The lowest BCUT2D eigenvalue weighted by Gasteiger charge is -2.20. The Bertz CT molecular complexity index is 689. The molecule has 1 fully saturated rings. The number of nitrogens with zero attached hydrogens (tertiary/aromatic N) is 2. The average molecular weight is 278 g/mol. The summed E-state index contributed by atoms with van der Waals surface area (Å²) < 4.78 is 24.9. The summed E-state index contributed by atoms with van der Waals surface area (Å²) in [5.74, 6) is 1.13. The molecule has 0 aromatic carbocycles. The van der Waals surface area contributed by atoms with Gasteiger partial charge in [0.05, 0.1) is 17.2 Å². The second-order valence-corrected chi connectivity index (χ2v) is 7.81. The number of aryl methyl sites for hydroxylation is 1. The van der Waals surface area contributed by atoms with Gasteiger partial charge in [-0.05, 0) is 43.7 Å². The lowest BCUT2D eigenvalue weighted by Crippen LogP contribution is -2.24. The van der Waals surface area contributed by atoms with Gasteiger partial charge >= 0.3 is 0 Å². The zero-order valence-corrected chi connectivity index (χ0v) is 11.9. The Labute approximate surface area is 113 Å². The quantitative estimate of drug-likeness (QED) is 0.844. The van der Waals surface area contributed by atoms with Crippen molar-refractivity contribution in [2.24, 2.45) is 5.92 Å². The van der Waals surface area contributed by atoms with Crippen LogP contribution in [0.3, 0.4) is 0 Å². The fourth-order valence-corrected chi connectivity index (χ4v) is 4.28. The van der Waals surface area contributed by atoms with Crippen LogP contribution >= 0.6 is 0 Å². The molecule has 3 rings (SSSR count). The minimum absolute atomic E-state index is 0.337. The Hall–Kier alpha value is -1.36. The first-order chi connectivity index (χ1) is 9.02. The highest BCUT2D eigenvalue weighted by atomic mass is 32.2. The monoisotopic (exact) mass is 278 g/mol. The van der Waals surface area contributed by atoms with Crippen molar-refractivity contribution >= 4 is 15.5 Å². The van der Waals surface area contributed by atoms with E-state index in [2.05, 4.69) is 30.4 Å². The second kappa shape index (κ2) is 4.63. The van der Waals surface area contributed by atoms with Crippen LogP contribution in [-0.4, -0.2) is 29.3 Å². The molecule has 2 aromatic rings. The van der Waals surface area contributed by atoms with Crippen LogP contribution in [0, 0.1) is 12.8 Å². The fourth-order valence-electron chi connectivity index (χ4n) is 2.69. The van der Waals surface area contributed by atoms with Crippen molar-refractivity contribution in [3.8, 4) is 0 Å². The van der Waals surface area contributed by atoms with Gasteiger partial charge in [0.2, 0.25) is 0 Å². The van der Waals surface area contributed by atoms with Gasteiger partial charge in [-0.25, -0.2) is 13.4 Å². The smallest absolute Gasteiger partial charge is 0.150 e. The Morgan fingerprint density at radius 1 is 1.26 bits per heavy atom. The van der Waals surface area contributed by atoms with Crippen LogP contribution in [0.15, 0.2) is 24.5 Å². The third kappa shape index (κ3) is 2.81. The van der Waals surface area contributed by atoms with Crippen molar-refractivity contribution in [3.63, 3.8) is 0 Å². The van der Waals surface area contributed by atoms with Crippen molar-refractivity contribution < 1.29 is 8.42 Å². The Kier molecular flexibility index (Phi) is 3.09. The lowest BCUT2D eigenvalue weighted by molar-refractivity contribution is 0.459. The molecule has 0 N–H and O–H groups in total. The van der Waals surface area contributed by atoms with Crippen LogP contribution in [0.5, 0.6) is 0 Å². The van der Waals surface area contributed by atoms with Gasteiger partial charge in [0.25, 0.3) is 0 Å². The Morgan fingerprint density at radius 2 is 2.00 bits per heavy atom. The Morgan fingerprint density at radius 3 is 2.74 bits per heavy atom. The van der Waals surface area contributed by atoms with Crippen molar-refractivity contribution in [2.45, 2.75) is 26.2 Å². The normalized spacial score (nSPS) is 19.8. The van der Waals surface area contributed by atoms with E-state index in [-0.39, 0.29) is 0 Å². The largest absolute Gasteiger partial charge is 0.307 e. The van der Waals surface area contributed by atoms with Gasteiger partial charge < -0.3 is 4.40 Å². The van der Waals surface area contributed by atoms with Gasteiger partial charge in [-0.15, -0.1) is 0 Å². The van der Waals surface area contributed by atoms with Crippen LogP contribution in [0.4, 0.5) is 0 Å². The van der Waals surface area contributed by atoms with Gasteiger partial charge in [0.1, 0.15) is 15.5 Å². The summed E-state index contributed by atoms with van der Waals surface area (Å²) in [6, 6.07) is 4.07. The van der Waals surface area contributed by atoms with E-state index < -0.39 is 9.84 Å². The average Bonchev–Trinajstić information content (AvgIpc) is 2.73. The third-order valence-electron chi connectivity index (χ3n) is 3.82. The van der Waals surface area contributed by atoms with Crippen molar-refractivity contribution in [3.05, 3.63) is 35.8 Å². The third-order valence-corrected chi connectivity index (χ3v) is 5.54. The molecule has 5 heteroatoms. The fraction of sp³-hybridized carbons (Fsp3) is 0.500. The summed E-state index contributed by atoms with van der Waals surface area (Å²) in [5.41, 5.74) is 3.24. The topological polar surface area (TPSA) is 51.4 Å². The zero-order chi connectivity index (χ0) is 13.5. The number of hydrogen-bond acceptors (Lipinski definition) is 3. The minimum Gasteiger partial charge on any atom is -0.307 e. The molecule has 0 atom stereocenters. The molecule has 0 bridgehead atoms. The minimum atomic E-state index is -2.76. The molecule has 19 heavy (non-hydrogen) atoms. The van der Waals surface area contributed by atoms with E-state index in [0.717, 1.165) is 30.6 Å². The molecule has 3 heterocycles. The molecule has 4 nitrogen and oxygen atoms in total. The maximum absolute atomic E-state index is 11.4. The summed E-state index contributed by atoms with van der Waals surface area (Å²) in [6.07, 6.45) is 6.56. The Balaban J connectivity index is 1.75. The summed E-state index contributed by atoms with van der Waals surface area (Å²) in [6.45, 7) is 2.06. The van der Waals surface area contributed by atoms with Crippen molar-refractivity contribution in [2.75, 3.05) is 11.5 Å². The molecule has 0 spiro atoms. The molecule has 1 saturated heterocycles. The summed E-state index contributed by atoms with van der Waals surface area (Å²) >= 11 is 0. The van der Waals surface area contributed by atoms with Crippen molar-refractivity contribution in [1.82, 2.24) is 9.38 Å². The van der Waals surface area contributed by atoms with Crippen LogP contribution in [-0.2, 0) is 16.3 Å². The maximum Gasteiger partial charge on any atom is 0.150 e. The predicted octanol–water partition coefficient (Wildman–Crippen LogP) is 2.01. The highest BCUT2D eigenvalue weighted by Gasteiger charge is 2.24. The van der Waals surface area contributed by atoms with Gasteiger partial charge in [-0.1, -0.05) is 6.07 Å². The highest BCUT2D eigenvalue weighted by Crippen LogP contribution is 2.22. The van der Waals surface area contributed by atoms with Gasteiger partial charge in [-0.2, -0.15) is 0 Å². The lowest BCUT2D eigenvalue weighted by atomic mass is 9.97. The number of fused-ring (bicyclic) bond motifs is 1. The van der Waals surface area contributed by atoms with E-state index in [1.54, 1.807) is 0 Å². The van der Waals surface area contributed by atoms with E-state index in [9.17, 15) is 8.42 Å². The molecule has 0 saturated carbocycles. The molecular weight excluding hydrogens is 260 g/mol. The van der Waals surface area contributed by atoms with Gasteiger partial charge in [0.15, 0.2) is 0 Å². The summed E-state index contributed by atoms with van der Waals surface area (Å²) in [7, 11) is -2.76. The number of aromatic nitrogens is 2. The number of pyridine rings is 1. The van der Waals surface area contributed by atoms with E-state index in [4.69, 9.17) is 0 Å². The van der Waals surface area contributed by atoms with Crippen LogP contribution in [0.1, 0.15) is 24.1 Å². The second-order valence-electron chi connectivity index (χ2n) is 5.50. The van der Waals surface area contributed by atoms with Crippen LogP contribution < -0.4 is 0 Å². The molecule has 1 aliphatic rings. The number of imidazole rings is 1. The standard InChI is InChI=1S/C14H18N2O2S/c1-11-2-3-14-15-13(10-16(14)9-11)8-12-4-6-19(17,18)7-5-12/h2-3,9-10,12H,4-8H2,1H3. The van der Waals surface area contributed by atoms with E-state index >= 15 is 0 Å². The SMILES string of the molecule is Cc1ccc2nc(CC3CCS(=O)(=O)CC3)cn2c1.